The van der Waals surface area contributed by atoms with Crippen LogP contribution in [0, 0.1) is 11.3 Å². The van der Waals surface area contributed by atoms with Crippen molar-refractivity contribution in [3.63, 3.8) is 0 Å². The fourth-order valence-electron chi connectivity index (χ4n) is 0.761. The predicted octanol–water partition coefficient (Wildman–Crippen LogP) is 1.41. The third kappa shape index (κ3) is 4.11. The van der Waals surface area contributed by atoms with Gasteiger partial charge in [0, 0.05) is 6.54 Å². The Morgan fingerprint density at radius 1 is 1.70 bits per heavy atom. The Kier molecular flexibility index (Phi) is 4.61. The Morgan fingerprint density at radius 2 is 2.30 bits per heavy atom. The first-order valence-electron chi connectivity index (χ1n) is 3.44. The first-order chi connectivity index (χ1) is 4.70. The van der Waals surface area contributed by atoms with Crippen LogP contribution in [0.5, 0.6) is 0 Å². The van der Waals surface area contributed by atoms with Gasteiger partial charge in [-0.05, 0) is 13.5 Å². The molecule has 0 atom stereocenters. The Labute approximate surface area is 62.8 Å². The number of hydrogen-bond acceptors (Lipinski definition) is 2. The minimum Gasteiger partial charge on any atom is -0.287 e. The molecule has 0 N–H and O–H groups in total. The van der Waals surface area contributed by atoms with Crippen LogP contribution in [0.15, 0.2) is 12.2 Å². The van der Waals surface area contributed by atoms with E-state index in [9.17, 15) is 0 Å². The van der Waals surface area contributed by atoms with Crippen LogP contribution < -0.4 is 0 Å². The van der Waals surface area contributed by atoms with Crippen LogP contribution in [0.4, 0.5) is 0 Å². The first kappa shape index (κ1) is 9.19. The number of rotatable bonds is 4. The topological polar surface area (TPSA) is 27.0 Å². The summed E-state index contributed by atoms with van der Waals surface area (Å²) < 4.78 is 0. The zero-order chi connectivity index (χ0) is 7.98. The predicted molar refractivity (Wildman–Crippen MR) is 42.5 cm³/mol. The van der Waals surface area contributed by atoms with E-state index in [1.54, 1.807) is 0 Å². The van der Waals surface area contributed by atoms with Gasteiger partial charge in [-0.1, -0.05) is 19.1 Å². The Balaban J connectivity index is 3.62. The van der Waals surface area contributed by atoms with Crippen molar-refractivity contribution in [3.05, 3.63) is 12.2 Å². The summed E-state index contributed by atoms with van der Waals surface area (Å²) in [5.41, 5.74) is 1.11. The van der Waals surface area contributed by atoms with Crippen molar-refractivity contribution >= 4 is 0 Å². The summed E-state index contributed by atoms with van der Waals surface area (Å²) >= 11 is 0. The molecular formula is C8H14N2. The molecule has 10 heavy (non-hydrogen) atoms. The summed E-state index contributed by atoms with van der Waals surface area (Å²) in [6.45, 7) is 10.0. The summed E-state index contributed by atoms with van der Waals surface area (Å²) in [4.78, 5) is 2.04. The van der Waals surface area contributed by atoms with Gasteiger partial charge >= 0.3 is 0 Å². The van der Waals surface area contributed by atoms with Gasteiger partial charge in [0.25, 0.3) is 0 Å². The van der Waals surface area contributed by atoms with Crippen molar-refractivity contribution in [3.8, 4) is 6.07 Å². The van der Waals surface area contributed by atoms with E-state index in [0.29, 0.717) is 6.54 Å². The van der Waals surface area contributed by atoms with Crippen LogP contribution >= 0.6 is 0 Å². The fraction of sp³-hybridized carbons (Fsp3) is 0.625. The van der Waals surface area contributed by atoms with E-state index >= 15 is 0 Å². The molecule has 0 heterocycles. The number of hydrogen-bond donors (Lipinski definition) is 0. The van der Waals surface area contributed by atoms with E-state index in [1.807, 2.05) is 18.7 Å². The minimum absolute atomic E-state index is 0.503. The molecule has 0 amide bonds. The average Bonchev–Trinajstić information content (AvgIpc) is 1.86. The molecule has 0 spiro atoms. The molecule has 0 bridgehead atoms. The summed E-state index contributed by atoms with van der Waals surface area (Å²) in [5.74, 6) is 0. The van der Waals surface area contributed by atoms with Gasteiger partial charge in [-0.2, -0.15) is 5.26 Å². The second-order valence-corrected chi connectivity index (χ2v) is 2.42. The van der Waals surface area contributed by atoms with Gasteiger partial charge in [-0.3, -0.25) is 4.90 Å². The highest BCUT2D eigenvalue weighted by Crippen LogP contribution is 1.93. The summed E-state index contributed by atoms with van der Waals surface area (Å²) in [7, 11) is 0. The van der Waals surface area contributed by atoms with E-state index in [4.69, 9.17) is 5.26 Å². The van der Waals surface area contributed by atoms with Crippen molar-refractivity contribution in [1.82, 2.24) is 4.90 Å². The first-order valence-corrected chi connectivity index (χ1v) is 3.44. The maximum absolute atomic E-state index is 8.36. The molecule has 2 nitrogen and oxygen atoms in total. The average molecular weight is 138 g/mol. The van der Waals surface area contributed by atoms with E-state index in [1.165, 1.54) is 0 Å². The minimum atomic E-state index is 0.503. The number of likely N-dealkylation sites (N-methyl/N-ethyl adjacent to an activating group) is 1. The Bertz CT molecular complexity index is 144. The molecule has 0 fully saturated rings. The Morgan fingerprint density at radius 3 is 2.60 bits per heavy atom. The van der Waals surface area contributed by atoms with Crippen LogP contribution in [0.3, 0.4) is 0 Å². The third-order valence-electron chi connectivity index (χ3n) is 1.24. The zero-order valence-electron chi connectivity index (χ0n) is 6.72. The summed E-state index contributed by atoms with van der Waals surface area (Å²) in [5, 5.41) is 8.36. The molecular weight excluding hydrogens is 124 g/mol. The molecule has 0 radical (unpaired) electrons. The monoisotopic (exact) mass is 138 g/mol. The van der Waals surface area contributed by atoms with Crippen molar-refractivity contribution in [2.75, 3.05) is 19.6 Å². The van der Waals surface area contributed by atoms with Gasteiger partial charge in [-0.25, -0.2) is 0 Å². The van der Waals surface area contributed by atoms with Gasteiger partial charge in [0.2, 0.25) is 0 Å². The SMILES string of the molecule is C=C(C)CN(CC)CC#N. The lowest BCUT2D eigenvalue weighted by Crippen LogP contribution is -2.25. The van der Waals surface area contributed by atoms with Crippen LogP contribution in [0.2, 0.25) is 0 Å². The van der Waals surface area contributed by atoms with Crippen LogP contribution in [0.25, 0.3) is 0 Å². The second kappa shape index (κ2) is 5.01. The maximum atomic E-state index is 8.36. The molecule has 0 aliphatic carbocycles. The lowest BCUT2D eigenvalue weighted by Gasteiger charge is -2.15. The van der Waals surface area contributed by atoms with Gasteiger partial charge in [0.15, 0.2) is 0 Å². The van der Waals surface area contributed by atoms with Gasteiger partial charge in [0.1, 0.15) is 0 Å². The Hall–Kier alpha value is -0.810. The lowest BCUT2D eigenvalue weighted by molar-refractivity contribution is 0.351. The molecule has 2 heteroatoms. The zero-order valence-corrected chi connectivity index (χ0v) is 6.72. The van der Waals surface area contributed by atoms with E-state index in [2.05, 4.69) is 12.6 Å². The molecule has 0 aromatic heterocycles. The van der Waals surface area contributed by atoms with Gasteiger partial charge in [0.05, 0.1) is 12.6 Å². The van der Waals surface area contributed by atoms with Crippen LogP contribution in [-0.4, -0.2) is 24.5 Å². The highest BCUT2D eigenvalue weighted by molar-refractivity contribution is 4.93. The molecule has 0 saturated carbocycles. The van der Waals surface area contributed by atoms with Gasteiger partial charge < -0.3 is 0 Å². The third-order valence-corrected chi connectivity index (χ3v) is 1.24. The smallest absolute Gasteiger partial charge is 0.0868 e. The molecule has 56 valence electrons. The molecule has 0 rings (SSSR count). The van der Waals surface area contributed by atoms with Crippen LogP contribution in [0.1, 0.15) is 13.8 Å². The lowest BCUT2D eigenvalue weighted by atomic mass is 10.3. The largest absolute Gasteiger partial charge is 0.287 e. The van der Waals surface area contributed by atoms with E-state index < -0.39 is 0 Å². The standard InChI is InChI=1S/C8H14N2/c1-4-10(6-5-9)7-8(2)3/h2,4,6-7H2,1,3H3. The second-order valence-electron chi connectivity index (χ2n) is 2.42. The molecule has 0 aliphatic heterocycles. The molecule has 0 aromatic carbocycles. The van der Waals surface area contributed by atoms with Crippen molar-refractivity contribution in [2.24, 2.45) is 0 Å². The number of nitriles is 1. The van der Waals surface area contributed by atoms with Crippen LogP contribution in [-0.2, 0) is 0 Å². The maximum Gasteiger partial charge on any atom is 0.0868 e. The molecule has 0 saturated heterocycles. The molecule has 0 aromatic rings. The summed E-state index contributed by atoms with van der Waals surface area (Å²) in [6.07, 6.45) is 0. The van der Waals surface area contributed by atoms with E-state index in [-0.39, 0.29) is 0 Å². The fourth-order valence-corrected chi connectivity index (χ4v) is 0.761. The van der Waals surface area contributed by atoms with E-state index in [0.717, 1.165) is 18.7 Å². The van der Waals surface area contributed by atoms with Crippen molar-refractivity contribution in [1.29, 1.82) is 5.26 Å². The van der Waals surface area contributed by atoms with Crippen molar-refractivity contribution in [2.45, 2.75) is 13.8 Å². The molecule has 0 unspecified atom stereocenters. The van der Waals surface area contributed by atoms with Gasteiger partial charge in [-0.15, -0.1) is 0 Å². The summed E-state index contributed by atoms with van der Waals surface area (Å²) in [6, 6.07) is 2.11. The highest BCUT2D eigenvalue weighted by atomic mass is 15.1. The molecule has 0 aliphatic rings. The number of nitrogens with zero attached hydrogens (tertiary/aromatic N) is 2. The quantitative estimate of drug-likeness (QED) is 0.434. The van der Waals surface area contributed by atoms with Crippen molar-refractivity contribution < 1.29 is 0 Å². The normalized spacial score (nSPS) is 9.40. The highest BCUT2D eigenvalue weighted by Gasteiger charge is 1.98.